The molecule has 6 rings (SSSR count). The third kappa shape index (κ3) is 4.45. The number of hydrogen-bond donors (Lipinski definition) is 0. The van der Waals surface area contributed by atoms with Gasteiger partial charge in [-0.15, -0.1) is 24.8 Å². The van der Waals surface area contributed by atoms with Crippen molar-refractivity contribution in [1.82, 2.24) is 0 Å². The number of allylic oxidation sites excluding steroid dienone is 4. The van der Waals surface area contributed by atoms with Gasteiger partial charge in [-0.3, -0.25) is 0 Å². The van der Waals surface area contributed by atoms with Gasteiger partial charge in [0.05, 0.1) is 0 Å². The van der Waals surface area contributed by atoms with Crippen LogP contribution in [0.5, 0.6) is 0 Å². The Balaban J connectivity index is 0.00000185. The number of fused-ring (bicyclic) bond motifs is 3. The summed E-state index contributed by atoms with van der Waals surface area (Å²) in [7, 11) is 0. The summed E-state index contributed by atoms with van der Waals surface area (Å²) in [4.78, 5) is 0. The van der Waals surface area contributed by atoms with Gasteiger partial charge < -0.3 is 0 Å². The van der Waals surface area contributed by atoms with E-state index in [2.05, 4.69) is 133 Å². The van der Waals surface area contributed by atoms with Crippen molar-refractivity contribution in [1.29, 1.82) is 0 Å². The van der Waals surface area contributed by atoms with Gasteiger partial charge in [-0.05, 0) is 0 Å². The van der Waals surface area contributed by atoms with Crippen molar-refractivity contribution in [3.63, 3.8) is 0 Å². The topological polar surface area (TPSA) is 0 Å². The molecular weight excluding hydrogens is 694 g/mol. The van der Waals surface area contributed by atoms with Crippen molar-refractivity contribution in [2.24, 2.45) is 0 Å². The first-order valence-electron chi connectivity index (χ1n) is 14.7. The van der Waals surface area contributed by atoms with Crippen molar-refractivity contribution in [3.05, 3.63) is 113 Å². The van der Waals surface area contributed by atoms with Gasteiger partial charge in [-0.1, -0.05) is 0 Å². The number of hydrogen-bond acceptors (Lipinski definition) is 0. The summed E-state index contributed by atoms with van der Waals surface area (Å²) in [6.07, 6.45) is 13.7. The van der Waals surface area contributed by atoms with Crippen molar-refractivity contribution < 1.29 is 18.0 Å². The molecule has 1 fully saturated rings. The van der Waals surface area contributed by atoms with E-state index in [0.717, 1.165) is 0 Å². The standard InChI is InChI=1S/C21H25.C6H5.C5H5.C4H7.CH2.2ClH.Hf/c1-20(2,3)16-7-9-18-14(12-16)11-15-13-17(21(4,5)6)8-10-19(15)18;1-2-4-6-5-3-1;1-2-4-5-3-1;1-2-4-3-1;;;;/h7-13H,1-6H3;1-5H;1-5H;1H,2-4H2;1H2;2*1H;. The first-order valence-corrected chi connectivity index (χ1v) is 25.2. The molecule has 0 saturated heterocycles. The van der Waals surface area contributed by atoms with Crippen LogP contribution in [-0.2, 0) is 28.8 Å². The van der Waals surface area contributed by atoms with E-state index in [1.807, 2.05) is 0 Å². The van der Waals surface area contributed by atoms with Crippen molar-refractivity contribution >= 4 is 32.4 Å². The Morgan fingerprint density at radius 1 is 0.675 bits per heavy atom. The minimum absolute atomic E-state index is 0. The van der Waals surface area contributed by atoms with Crippen LogP contribution < -0.4 is 3.32 Å². The second kappa shape index (κ2) is 10.6. The third-order valence-corrected chi connectivity index (χ3v) is 39.9. The minimum atomic E-state index is -4.42. The van der Waals surface area contributed by atoms with Crippen LogP contribution in [0.1, 0.15) is 86.7 Å². The predicted octanol–water partition coefficient (Wildman–Crippen LogP) is 10.5. The first-order chi connectivity index (χ1) is 17.9. The molecule has 0 atom stereocenters. The second-order valence-corrected chi connectivity index (χ2v) is 36.4. The fourth-order valence-corrected chi connectivity index (χ4v) is 38.4. The van der Waals surface area contributed by atoms with Crippen LogP contribution in [0, 0.1) is 0 Å². The average Bonchev–Trinajstić information content (AvgIpc) is 3.49. The number of benzene rings is 3. The Labute approximate surface area is 255 Å². The van der Waals surface area contributed by atoms with Crippen molar-refractivity contribution in [3.8, 4) is 11.1 Å². The molecule has 0 amide bonds. The summed E-state index contributed by atoms with van der Waals surface area (Å²) < 4.78 is 8.90. The second-order valence-electron chi connectivity index (χ2n) is 14.5. The maximum absolute atomic E-state index is 5.76. The van der Waals surface area contributed by atoms with Crippen molar-refractivity contribution in [2.75, 3.05) is 0 Å². The van der Waals surface area contributed by atoms with E-state index in [-0.39, 0.29) is 35.6 Å². The molecule has 40 heavy (non-hydrogen) atoms. The molecule has 0 aromatic heterocycles. The van der Waals surface area contributed by atoms with E-state index in [0.29, 0.717) is 11.0 Å². The molecule has 3 aliphatic rings. The normalized spacial score (nSPS) is 17.6. The molecule has 0 radical (unpaired) electrons. The van der Waals surface area contributed by atoms with Gasteiger partial charge in [-0.25, -0.2) is 0 Å². The summed E-state index contributed by atoms with van der Waals surface area (Å²) in [6.45, 7) is 14.1. The fraction of sp³-hybridized carbons (Fsp3) is 0.378. The van der Waals surface area contributed by atoms with Crippen LogP contribution >= 0.6 is 24.8 Å². The van der Waals surface area contributed by atoms with Gasteiger partial charge in [0, 0.05) is 0 Å². The van der Waals surface area contributed by atoms with Crippen LogP contribution in [0.2, 0.25) is 7.35 Å². The van der Waals surface area contributed by atoms with E-state index in [1.165, 1.54) is 41.5 Å². The Morgan fingerprint density at radius 2 is 1.15 bits per heavy atom. The molecule has 0 bridgehead atoms. The zero-order valence-corrected chi connectivity index (χ0v) is 30.3. The molecule has 3 aliphatic carbocycles. The molecule has 0 heterocycles. The SMILES string of the molecule is Cl.Cl.[CH2]=[Hf]([c]1ccccc1)([CH]1C=CC=C1)([CH]1CCC1)[CH]1c2cc(C(C)(C)C)ccc2-c2ccc(C(C)(C)C)cc21. The molecule has 3 aromatic carbocycles. The average molecular weight is 740 g/mol. The summed E-state index contributed by atoms with van der Waals surface area (Å²) in [6, 6.07) is 26.6. The molecule has 0 nitrogen and oxygen atoms in total. The van der Waals surface area contributed by atoms with Crippen LogP contribution in [0.15, 0.2) is 91.0 Å². The Morgan fingerprint density at radius 3 is 1.55 bits per heavy atom. The molecular formula is C37H46Cl2Hf. The van der Waals surface area contributed by atoms with Gasteiger partial charge in [0.1, 0.15) is 0 Å². The Kier molecular flexibility index (Phi) is 8.34. The molecule has 3 aromatic rings. The van der Waals surface area contributed by atoms with E-state index in [1.54, 1.807) is 14.4 Å². The van der Waals surface area contributed by atoms with E-state index in [9.17, 15) is 0 Å². The van der Waals surface area contributed by atoms with Gasteiger partial charge in [0.2, 0.25) is 0 Å². The molecule has 3 heteroatoms. The first kappa shape index (κ1) is 31.4. The Bertz CT molecular complexity index is 1450. The molecule has 0 N–H and O–H groups in total. The summed E-state index contributed by atoms with van der Waals surface area (Å²) >= 11 is -4.42. The summed E-state index contributed by atoms with van der Waals surface area (Å²) in [5, 5.41) is 0. The van der Waals surface area contributed by atoms with Gasteiger partial charge in [0.25, 0.3) is 0 Å². The third-order valence-electron chi connectivity index (χ3n) is 10.5. The number of halogens is 2. The summed E-state index contributed by atoms with van der Waals surface area (Å²) in [5.74, 6) is 0. The molecule has 1 saturated carbocycles. The molecule has 0 aliphatic heterocycles. The van der Waals surface area contributed by atoms with E-state index < -0.39 is 18.0 Å². The molecule has 0 unspecified atom stereocenters. The van der Waals surface area contributed by atoms with Crippen molar-refractivity contribution in [2.45, 2.75) is 82.7 Å². The van der Waals surface area contributed by atoms with Gasteiger partial charge in [-0.2, -0.15) is 0 Å². The van der Waals surface area contributed by atoms with Gasteiger partial charge in [0.15, 0.2) is 0 Å². The van der Waals surface area contributed by atoms with Crippen LogP contribution in [0.25, 0.3) is 11.1 Å². The van der Waals surface area contributed by atoms with Gasteiger partial charge >= 0.3 is 233 Å². The Hall–Kier alpha value is -1.54. The van der Waals surface area contributed by atoms with E-state index in [4.69, 9.17) is 4.26 Å². The zero-order chi connectivity index (χ0) is 26.9. The van der Waals surface area contributed by atoms with Crippen LogP contribution in [0.4, 0.5) is 0 Å². The zero-order valence-electron chi connectivity index (χ0n) is 25.0. The van der Waals surface area contributed by atoms with E-state index >= 15 is 0 Å². The monoisotopic (exact) mass is 740 g/mol. The van der Waals surface area contributed by atoms with Crippen LogP contribution in [-0.4, -0.2) is 4.26 Å². The quantitative estimate of drug-likeness (QED) is 0.234. The maximum atomic E-state index is 5.76. The van der Waals surface area contributed by atoms with Crippen LogP contribution in [0.3, 0.4) is 0 Å². The number of rotatable bonds is 4. The molecule has 212 valence electrons. The fourth-order valence-electron chi connectivity index (χ4n) is 8.05. The summed E-state index contributed by atoms with van der Waals surface area (Å²) in [5.41, 5.74) is 9.12. The molecule has 0 spiro atoms. The predicted molar refractivity (Wildman–Crippen MR) is 178 cm³/mol.